The third-order valence-corrected chi connectivity index (χ3v) is 2.86. The first kappa shape index (κ1) is 13.5. The van der Waals surface area contributed by atoms with Crippen molar-refractivity contribution in [2.75, 3.05) is 11.9 Å². The highest BCUT2D eigenvalue weighted by Crippen LogP contribution is 2.21. The fourth-order valence-corrected chi connectivity index (χ4v) is 1.89. The number of nitrogens with one attached hydrogen (secondary N) is 1. The molecule has 5 nitrogen and oxygen atoms in total. The molecule has 0 saturated heterocycles. The lowest BCUT2D eigenvalue weighted by Gasteiger charge is -2.06. The topological polar surface area (TPSA) is 55.6 Å². The van der Waals surface area contributed by atoms with Crippen LogP contribution >= 0.6 is 0 Å². The number of aryl methyl sites for hydroxylation is 2. The predicted molar refractivity (Wildman–Crippen MR) is 77.1 cm³/mol. The highest BCUT2D eigenvalue weighted by molar-refractivity contribution is 5.62. The lowest BCUT2D eigenvalue weighted by atomic mass is 10.1. The molecule has 1 N–H and O–H groups in total. The van der Waals surface area contributed by atoms with E-state index in [-0.39, 0.29) is 0 Å². The Morgan fingerprint density at radius 1 is 1.21 bits per heavy atom. The summed E-state index contributed by atoms with van der Waals surface area (Å²) in [6.45, 7) is 8.11. The normalized spacial score (nSPS) is 10.7. The van der Waals surface area contributed by atoms with Gasteiger partial charge in [0.25, 0.3) is 0 Å². The fraction of sp³-hybridized carbons (Fsp3) is 0.500. The molecule has 0 saturated carbocycles. The minimum absolute atomic E-state index is 0.686. The maximum absolute atomic E-state index is 4.58. The number of hydrogen-bond acceptors (Lipinski definition) is 4. The summed E-state index contributed by atoms with van der Waals surface area (Å²) >= 11 is 0. The molecule has 0 fully saturated rings. The molecule has 0 aliphatic carbocycles. The maximum atomic E-state index is 4.58. The van der Waals surface area contributed by atoms with Crippen molar-refractivity contribution in [1.29, 1.82) is 0 Å². The number of nitrogens with zero attached hydrogens (tertiary/aromatic N) is 4. The number of aromatic nitrogens is 4. The molecule has 0 aliphatic heterocycles. The van der Waals surface area contributed by atoms with E-state index in [1.807, 2.05) is 30.2 Å². The summed E-state index contributed by atoms with van der Waals surface area (Å²) in [5, 5.41) is 7.57. The van der Waals surface area contributed by atoms with Gasteiger partial charge in [-0.25, -0.2) is 9.97 Å². The zero-order valence-corrected chi connectivity index (χ0v) is 11.8. The van der Waals surface area contributed by atoms with Gasteiger partial charge in [0, 0.05) is 31.0 Å². The van der Waals surface area contributed by atoms with E-state index < -0.39 is 0 Å². The van der Waals surface area contributed by atoms with Crippen LogP contribution in [-0.4, -0.2) is 26.3 Å². The van der Waals surface area contributed by atoms with Crippen LogP contribution in [0.4, 0.5) is 5.95 Å². The lowest BCUT2D eigenvalue weighted by molar-refractivity contribution is 0.603. The van der Waals surface area contributed by atoms with E-state index in [0.29, 0.717) is 5.95 Å². The molecule has 102 valence electrons. The van der Waals surface area contributed by atoms with Gasteiger partial charge in [-0.3, -0.25) is 4.68 Å². The van der Waals surface area contributed by atoms with Gasteiger partial charge in [-0.2, -0.15) is 5.10 Å². The Bertz CT molecular complexity index is 532. The molecule has 2 aromatic heterocycles. The van der Waals surface area contributed by atoms with Gasteiger partial charge < -0.3 is 5.32 Å². The minimum atomic E-state index is 0.686. The minimum Gasteiger partial charge on any atom is -0.354 e. The second-order valence-electron chi connectivity index (χ2n) is 4.64. The van der Waals surface area contributed by atoms with Crippen LogP contribution in [0.15, 0.2) is 18.6 Å². The first-order valence-corrected chi connectivity index (χ1v) is 6.85. The highest BCUT2D eigenvalue weighted by atomic mass is 15.3. The molecule has 0 spiro atoms. The van der Waals surface area contributed by atoms with Crippen molar-refractivity contribution < 1.29 is 0 Å². The van der Waals surface area contributed by atoms with Crippen molar-refractivity contribution in [3.05, 3.63) is 24.2 Å². The van der Waals surface area contributed by atoms with Crippen LogP contribution in [0, 0.1) is 6.92 Å². The first-order chi connectivity index (χ1) is 9.24. The van der Waals surface area contributed by atoms with Gasteiger partial charge in [0.2, 0.25) is 5.95 Å². The van der Waals surface area contributed by atoms with Gasteiger partial charge in [0.1, 0.15) is 0 Å². The first-order valence-electron chi connectivity index (χ1n) is 6.85. The molecule has 0 aliphatic rings. The van der Waals surface area contributed by atoms with Crippen LogP contribution < -0.4 is 5.32 Å². The monoisotopic (exact) mass is 259 g/mol. The molecule has 19 heavy (non-hydrogen) atoms. The number of hydrogen-bond donors (Lipinski definition) is 1. The number of anilines is 1. The summed E-state index contributed by atoms with van der Waals surface area (Å²) in [6, 6.07) is 0. The third-order valence-electron chi connectivity index (χ3n) is 2.86. The van der Waals surface area contributed by atoms with Crippen LogP contribution in [0.3, 0.4) is 0 Å². The summed E-state index contributed by atoms with van der Waals surface area (Å²) in [4.78, 5) is 8.87. The quantitative estimate of drug-likeness (QED) is 0.866. The molecule has 0 atom stereocenters. The van der Waals surface area contributed by atoms with Gasteiger partial charge in [-0.15, -0.1) is 0 Å². The molecule has 0 bridgehead atoms. The van der Waals surface area contributed by atoms with E-state index in [1.54, 1.807) is 0 Å². The Labute approximate surface area is 114 Å². The van der Waals surface area contributed by atoms with Gasteiger partial charge in [-0.05, 0) is 25.3 Å². The molecule has 0 radical (unpaired) electrons. The average molecular weight is 259 g/mol. The summed E-state index contributed by atoms with van der Waals surface area (Å²) < 4.78 is 1.95. The predicted octanol–water partition coefficient (Wildman–Crippen LogP) is 2.88. The van der Waals surface area contributed by atoms with Crippen LogP contribution in [0.1, 0.15) is 32.3 Å². The van der Waals surface area contributed by atoms with E-state index in [1.165, 1.54) is 0 Å². The zero-order valence-electron chi connectivity index (χ0n) is 11.8. The van der Waals surface area contributed by atoms with Crippen molar-refractivity contribution in [2.24, 2.45) is 0 Å². The summed E-state index contributed by atoms with van der Waals surface area (Å²) in [6.07, 6.45) is 7.91. The molecule has 0 amide bonds. The van der Waals surface area contributed by atoms with E-state index >= 15 is 0 Å². The Morgan fingerprint density at radius 3 is 2.79 bits per heavy atom. The largest absolute Gasteiger partial charge is 0.354 e. The molecule has 2 rings (SSSR count). The number of rotatable bonds is 6. The van der Waals surface area contributed by atoms with Crippen molar-refractivity contribution >= 4 is 5.95 Å². The second kappa shape index (κ2) is 6.31. The Balaban J connectivity index is 2.26. The average Bonchev–Trinajstić information content (AvgIpc) is 2.87. The van der Waals surface area contributed by atoms with Crippen LogP contribution in [-0.2, 0) is 6.54 Å². The van der Waals surface area contributed by atoms with E-state index in [0.717, 1.165) is 42.8 Å². The summed E-state index contributed by atoms with van der Waals surface area (Å²) in [7, 11) is 0. The van der Waals surface area contributed by atoms with Crippen molar-refractivity contribution in [2.45, 2.75) is 40.2 Å². The Hall–Kier alpha value is -1.91. The van der Waals surface area contributed by atoms with Gasteiger partial charge >= 0.3 is 0 Å². The Morgan fingerprint density at radius 2 is 2.05 bits per heavy atom. The zero-order chi connectivity index (χ0) is 13.7. The van der Waals surface area contributed by atoms with Crippen LogP contribution in [0.25, 0.3) is 11.3 Å². The maximum Gasteiger partial charge on any atom is 0.223 e. The van der Waals surface area contributed by atoms with Crippen molar-refractivity contribution in [1.82, 2.24) is 19.7 Å². The third kappa shape index (κ3) is 3.30. The van der Waals surface area contributed by atoms with E-state index in [4.69, 9.17) is 0 Å². The standard InChI is InChI=1S/C14H21N5/c1-4-6-15-14-16-8-11(3)13(18-14)12-9-17-19(10-12)7-5-2/h8-10H,4-7H2,1-3H3,(H,15,16,18). The van der Waals surface area contributed by atoms with Crippen molar-refractivity contribution in [3.63, 3.8) is 0 Å². The molecule has 2 aromatic rings. The van der Waals surface area contributed by atoms with Gasteiger partial charge in [0.05, 0.1) is 11.9 Å². The smallest absolute Gasteiger partial charge is 0.223 e. The fourth-order valence-electron chi connectivity index (χ4n) is 1.89. The lowest BCUT2D eigenvalue weighted by Crippen LogP contribution is -2.05. The SMILES string of the molecule is CCCNc1ncc(C)c(-c2cnn(CCC)c2)n1. The van der Waals surface area contributed by atoms with Gasteiger partial charge in [-0.1, -0.05) is 13.8 Å². The summed E-state index contributed by atoms with van der Waals surface area (Å²) in [5.41, 5.74) is 3.07. The molecular weight excluding hydrogens is 238 g/mol. The molecule has 0 aromatic carbocycles. The van der Waals surface area contributed by atoms with E-state index in [2.05, 4.69) is 34.2 Å². The second-order valence-corrected chi connectivity index (χ2v) is 4.64. The molecule has 0 unspecified atom stereocenters. The Kier molecular flexibility index (Phi) is 4.49. The van der Waals surface area contributed by atoms with Crippen LogP contribution in [0.2, 0.25) is 0 Å². The molecular formula is C14H21N5. The van der Waals surface area contributed by atoms with E-state index in [9.17, 15) is 0 Å². The van der Waals surface area contributed by atoms with Crippen molar-refractivity contribution in [3.8, 4) is 11.3 Å². The van der Waals surface area contributed by atoms with Crippen LogP contribution in [0.5, 0.6) is 0 Å². The summed E-state index contributed by atoms with van der Waals surface area (Å²) in [5.74, 6) is 0.686. The van der Waals surface area contributed by atoms with Gasteiger partial charge in [0.15, 0.2) is 0 Å². The molecule has 2 heterocycles. The highest BCUT2D eigenvalue weighted by Gasteiger charge is 2.08. The molecule has 5 heteroatoms.